The minimum atomic E-state index is -0.453. The Bertz CT molecular complexity index is 1090. The number of halogens is 1. The van der Waals surface area contributed by atoms with E-state index in [1.807, 2.05) is 18.2 Å². The van der Waals surface area contributed by atoms with Crippen molar-refractivity contribution in [3.8, 4) is 0 Å². The molecule has 1 N–H and O–H groups in total. The summed E-state index contributed by atoms with van der Waals surface area (Å²) in [6.07, 6.45) is 0. The van der Waals surface area contributed by atoms with Gasteiger partial charge in [0, 0.05) is 38.3 Å². The molecule has 2 aromatic carbocycles. The molecule has 144 valence electrons. The van der Waals surface area contributed by atoms with Crippen molar-refractivity contribution in [1.29, 1.82) is 0 Å². The lowest BCUT2D eigenvalue weighted by Gasteiger charge is -2.36. The van der Waals surface area contributed by atoms with Crippen molar-refractivity contribution >= 4 is 33.9 Å². The fraction of sp³-hybridized carbons (Fsp3) is 0.263. The second-order valence-corrected chi connectivity index (χ2v) is 7.09. The van der Waals surface area contributed by atoms with Gasteiger partial charge in [-0.15, -0.1) is 0 Å². The average molecular weight is 400 g/mol. The van der Waals surface area contributed by atoms with Crippen LogP contribution in [0.2, 0.25) is 5.02 Å². The number of nitrogens with one attached hydrogen (secondary N) is 1. The average Bonchev–Trinajstić information content (AvgIpc) is 2.69. The number of nitro benzene ring substituents is 1. The first-order chi connectivity index (χ1) is 13.5. The number of hydrogen-bond acceptors (Lipinski definition) is 6. The van der Waals surface area contributed by atoms with Crippen LogP contribution >= 0.6 is 11.6 Å². The molecule has 2 heterocycles. The highest BCUT2D eigenvalue weighted by molar-refractivity contribution is 6.33. The molecule has 4 rings (SSSR count). The Hall–Kier alpha value is -2.97. The van der Waals surface area contributed by atoms with Crippen LogP contribution in [0.25, 0.3) is 10.9 Å². The molecule has 1 aliphatic heterocycles. The lowest BCUT2D eigenvalue weighted by molar-refractivity contribution is -0.384. The third kappa shape index (κ3) is 3.69. The van der Waals surface area contributed by atoms with Crippen LogP contribution in [0.15, 0.2) is 47.3 Å². The maximum absolute atomic E-state index is 12.2. The normalized spacial score (nSPS) is 15.1. The summed E-state index contributed by atoms with van der Waals surface area (Å²) in [5, 5.41) is 11.8. The van der Waals surface area contributed by atoms with Gasteiger partial charge in [-0.3, -0.25) is 19.8 Å². The number of aromatic nitrogens is 2. The Morgan fingerprint density at radius 1 is 1.14 bits per heavy atom. The van der Waals surface area contributed by atoms with E-state index in [-0.39, 0.29) is 11.2 Å². The Labute approximate surface area is 165 Å². The van der Waals surface area contributed by atoms with Gasteiger partial charge >= 0.3 is 0 Å². The summed E-state index contributed by atoms with van der Waals surface area (Å²) < 4.78 is 0. The molecule has 0 saturated carbocycles. The Morgan fingerprint density at radius 3 is 2.61 bits per heavy atom. The quantitative estimate of drug-likeness (QED) is 0.535. The number of benzene rings is 2. The number of anilines is 1. The summed E-state index contributed by atoms with van der Waals surface area (Å²) in [5.74, 6) is 0.644. The summed E-state index contributed by atoms with van der Waals surface area (Å²) >= 11 is 6.24. The molecule has 1 fully saturated rings. The predicted octanol–water partition coefficient (Wildman–Crippen LogP) is 2.81. The largest absolute Gasteiger partial charge is 0.368 e. The first kappa shape index (κ1) is 18.4. The Kier molecular flexibility index (Phi) is 4.97. The highest BCUT2D eigenvalue weighted by Crippen LogP contribution is 2.30. The number of para-hydroxylation sites is 1. The number of piperazine rings is 1. The van der Waals surface area contributed by atoms with Crippen LogP contribution in [0.1, 0.15) is 5.82 Å². The van der Waals surface area contributed by atoms with Crippen LogP contribution in [0, 0.1) is 10.1 Å². The maximum Gasteiger partial charge on any atom is 0.271 e. The van der Waals surface area contributed by atoms with Crippen LogP contribution in [0.3, 0.4) is 0 Å². The summed E-state index contributed by atoms with van der Waals surface area (Å²) in [5.41, 5.74) is 1.34. The number of fused-ring (bicyclic) bond motifs is 1. The van der Waals surface area contributed by atoms with E-state index in [0.29, 0.717) is 28.3 Å². The summed E-state index contributed by atoms with van der Waals surface area (Å²) in [7, 11) is 0. The standard InChI is InChI=1S/C19H18ClN5O3/c20-15-11-13(25(27)28)5-6-17(15)24-9-7-23(8-10-24)12-18-21-16-4-2-1-3-14(16)19(26)22-18/h1-6,11H,7-10,12H2,(H,21,22,26). The first-order valence-electron chi connectivity index (χ1n) is 8.90. The van der Waals surface area contributed by atoms with Crippen molar-refractivity contribution in [1.82, 2.24) is 14.9 Å². The predicted molar refractivity (Wildman–Crippen MR) is 108 cm³/mol. The van der Waals surface area contributed by atoms with Crippen LogP contribution < -0.4 is 10.5 Å². The third-order valence-electron chi connectivity index (χ3n) is 4.89. The van der Waals surface area contributed by atoms with Gasteiger partial charge in [0.15, 0.2) is 0 Å². The van der Waals surface area contributed by atoms with E-state index < -0.39 is 4.92 Å². The van der Waals surface area contributed by atoms with Crippen molar-refractivity contribution in [3.63, 3.8) is 0 Å². The van der Waals surface area contributed by atoms with Crippen molar-refractivity contribution in [2.24, 2.45) is 0 Å². The molecule has 0 spiro atoms. The van der Waals surface area contributed by atoms with E-state index in [9.17, 15) is 14.9 Å². The zero-order valence-corrected chi connectivity index (χ0v) is 15.7. The molecule has 1 aromatic heterocycles. The molecule has 0 aliphatic carbocycles. The van der Waals surface area contributed by atoms with Gasteiger partial charge in [-0.2, -0.15) is 0 Å². The van der Waals surface area contributed by atoms with Gasteiger partial charge < -0.3 is 9.88 Å². The van der Waals surface area contributed by atoms with Crippen molar-refractivity contribution in [2.75, 3.05) is 31.1 Å². The minimum absolute atomic E-state index is 0.0151. The highest BCUT2D eigenvalue weighted by atomic mass is 35.5. The van der Waals surface area contributed by atoms with Gasteiger partial charge in [0.05, 0.1) is 33.1 Å². The van der Waals surface area contributed by atoms with Crippen molar-refractivity contribution in [3.05, 3.63) is 73.8 Å². The number of hydrogen-bond donors (Lipinski definition) is 1. The fourth-order valence-electron chi connectivity index (χ4n) is 3.43. The molecule has 0 amide bonds. The molecule has 1 aliphatic rings. The molecule has 9 heteroatoms. The molecular formula is C19H18ClN5O3. The zero-order valence-electron chi connectivity index (χ0n) is 15.0. The van der Waals surface area contributed by atoms with Gasteiger partial charge in [0.1, 0.15) is 5.82 Å². The maximum atomic E-state index is 12.2. The molecular weight excluding hydrogens is 382 g/mol. The molecule has 28 heavy (non-hydrogen) atoms. The summed E-state index contributed by atoms with van der Waals surface area (Å²) in [4.78, 5) is 34.3. The van der Waals surface area contributed by atoms with Crippen LogP contribution in [0.5, 0.6) is 0 Å². The highest BCUT2D eigenvalue weighted by Gasteiger charge is 2.21. The van der Waals surface area contributed by atoms with Gasteiger partial charge in [-0.1, -0.05) is 23.7 Å². The molecule has 0 unspecified atom stereocenters. The van der Waals surface area contributed by atoms with E-state index in [4.69, 9.17) is 11.6 Å². The summed E-state index contributed by atoms with van der Waals surface area (Å²) in [6, 6.07) is 11.8. The van der Waals surface area contributed by atoms with E-state index in [1.54, 1.807) is 12.1 Å². The smallest absolute Gasteiger partial charge is 0.271 e. The lowest BCUT2D eigenvalue weighted by Crippen LogP contribution is -2.46. The molecule has 1 saturated heterocycles. The first-order valence-corrected chi connectivity index (χ1v) is 9.28. The van der Waals surface area contributed by atoms with E-state index in [0.717, 1.165) is 31.9 Å². The van der Waals surface area contributed by atoms with Gasteiger partial charge in [0.25, 0.3) is 11.2 Å². The number of nitrogens with zero attached hydrogens (tertiary/aromatic N) is 4. The van der Waals surface area contributed by atoms with Gasteiger partial charge in [-0.25, -0.2) is 4.98 Å². The number of non-ortho nitro benzene ring substituents is 1. The topological polar surface area (TPSA) is 95.4 Å². The zero-order chi connectivity index (χ0) is 19.7. The van der Waals surface area contributed by atoms with Crippen LogP contribution in [-0.4, -0.2) is 46.0 Å². The van der Waals surface area contributed by atoms with E-state index in [2.05, 4.69) is 19.8 Å². The fourth-order valence-corrected chi connectivity index (χ4v) is 3.73. The third-order valence-corrected chi connectivity index (χ3v) is 5.19. The number of rotatable bonds is 4. The summed E-state index contributed by atoms with van der Waals surface area (Å²) in [6.45, 7) is 3.56. The monoisotopic (exact) mass is 399 g/mol. The molecule has 0 bridgehead atoms. The van der Waals surface area contributed by atoms with E-state index >= 15 is 0 Å². The molecule has 0 atom stereocenters. The Morgan fingerprint density at radius 2 is 1.89 bits per heavy atom. The minimum Gasteiger partial charge on any atom is -0.368 e. The number of H-pyrrole nitrogens is 1. The van der Waals surface area contributed by atoms with E-state index in [1.165, 1.54) is 12.1 Å². The molecule has 8 nitrogen and oxygen atoms in total. The van der Waals surface area contributed by atoms with Crippen LogP contribution in [-0.2, 0) is 6.54 Å². The second-order valence-electron chi connectivity index (χ2n) is 6.69. The van der Waals surface area contributed by atoms with Gasteiger partial charge in [-0.05, 0) is 18.2 Å². The van der Waals surface area contributed by atoms with Gasteiger partial charge in [0.2, 0.25) is 0 Å². The van der Waals surface area contributed by atoms with Crippen LogP contribution in [0.4, 0.5) is 11.4 Å². The SMILES string of the molecule is O=c1[nH]c(CN2CCN(c3ccc([N+](=O)[O-])cc3Cl)CC2)nc2ccccc12. The number of aromatic amines is 1. The van der Waals surface area contributed by atoms with Crippen molar-refractivity contribution in [2.45, 2.75) is 6.54 Å². The molecule has 0 radical (unpaired) electrons. The lowest BCUT2D eigenvalue weighted by atomic mass is 10.2. The Balaban J connectivity index is 1.43. The number of nitro groups is 1. The second kappa shape index (κ2) is 7.57. The van der Waals surface area contributed by atoms with Crippen molar-refractivity contribution < 1.29 is 4.92 Å². The molecule has 3 aromatic rings.